The molecular weight excluding hydrogens is 427 g/mol. The van der Waals surface area contributed by atoms with Crippen molar-refractivity contribution < 1.29 is 24.2 Å². The maximum absolute atomic E-state index is 13.8. The molecule has 0 bridgehead atoms. The van der Waals surface area contributed by atoms with Gasteiger partial charge in [-0.3, -0.25) is 14.5 Å². The van der Waals surface area contributed by atoms with Gasteiger partial charge in [0.05, 0.1) is 4.91 Å². The van der Waals surface area contributed by atoms with Crippen LogP contribution in [0.1, 0.15) is 17.5 Å². The molecule has 1 saturated heterocycles. The lowest BCUT2D eigenvalue weighted by Crippen LogP contribution is -2.34. The summed E-state index contributed by atoms with van der Waals surface area (Å²) in [5, 5.41) is 21.5. The number of hydrogen-bond acceptors (Lipinski definition) is 6. The number of thiocarbonyl (C=S) groups is 1. The Kier molecular flexibility index (Phi) is 7.07. The third-order valence-electron chi connectivity index (χ3n) is 4.40. The van der Waals surface area contributed by atoms with Crippen LogP contribution in [0, 0.1) is 5.82 Å². The van der Waals surface area contributed by atoms with Gasteiger partial charge in [-0.15, -0.1) is 0 Å². The van der Waals surface area contributed by atoms with E-state index in [1.807, 2.05) is 0 Å². The van der Waals surface area contributed by atoms with Crippen molar-refractivity contribution in [3.05, 3.63) is 64.3 Å². The molecule has 0 unspecified atom stereocenters. The molecule has 156 valence electrons. The van der Waals surface area contributed by atoms with Gasteiger partial charge in [-0.1, -0.05) is 48.2 Å². The van der Waals surface area contributed by atoms with Crippen LogP contribution in [0.25, 0.3) is 6.08 Å². The van der Waals surface area contributed by atoms with Crippen LogP contribution in [0.2, 0.25) is 0 Å². The molecule has 0 aliphatic carbocycles. The van der Waals surface area contributed by atoms with Crippen molar-refractivity contribution in [1.82, 2.24) is 10.2 Å². The van der Waals surface area contributed by atoms with Crippen molar-refractivity contribution in [2.75, 3.05) is 13.1 Å². The van der Waals surface area contributed by atoms with Gasteiger partial charge < -0.3 is 15.5 Å². The lowest BCUT2D eigenvalue weighted by atomic mass is 10.1. The van der Waals surface area contributed by atoms with E-state index in [4.69, 9.17) is 12.2 Å². The summed E-state index contributed by atoms with van der Waals surface area (Å²) in [6, 6.07) is 10.6. The van der Waals surface area contributed by atoms with Crippen LogP contribution in [0.4, 0.5) is 4.39 Å². The molecule has 3 N–H and O–H groups in total. The fraction of sp³-hybridized carbons (Fsp3) is 0.190. The Hall–Kier alpha value is -2.91. The Balaban J connectivity index is 1.49. The predicted molar refractivity (Wildman–Crippen MR) is 117 cm³/mol. The van der Waals surface area contributed by atoms with Gasteiger partial charge in [0, 0.05) is 25.1 Å². The van der Waals surface area contributed by atoms with E-state index in [9.17, 15) is 24.2 Å². The van der Waals surface area contributed by atoms with Crippen LogP contribution in [0.3, 0.4) is 0 Å². The summed E-state index contributed by atoms with van der Waals surface area (Å²) in [4.78, 5) is 26.3. The van der Waals surface area contributed by atoms with Gasteiger partial charge in [0.1, 0.15) is 10.1 Å². The van der Waals surface area contributed by atoms with Crippen molar-refractivity contribution in [3.63, 3.8) is 0 Å². The highest BCUT2D eigenvalue weighted by atomic mass is 32.2. The molecule has 2 amide bonds. The number of phenols is 2. The second-order valence-corrected chi connectivity index (χ2v) is 8.20. The van der Waals surface area contributed by atoms with Gasteiger partial charge in [0.2, 0.25) is 5.91 Å². The van der Waals surface area contributed by atoms with Gasteiger partial charge in [-0.2, -0.15) is 0 Å². The van der Waals surface area contributed by atoms with Crippen LogP contribution in [-0.4, -0.2) is 44.3 Å². The Bertz CT molecular complexity index is 1030. The number of carbonyl (C=O) groups is 2. The number of phenolic OH excluding ortho intramolecular Hbond substituents is 2. The molecule has 1 aliphatic heterocycles. The second kappa shape index (κ2) is 9.73. The minimum Gasteiger partial charge on any atom is -0.504 e. The highest BCUT2D eigenvalue weighted by molar-refractivity contribution is 8.26. The van der Waals surface area contributed by atoms with Gasteiger partial charge in [-0.05, 0) is 36.3 Å². The molecular formula is C21H19FN2O4S2. The zero-order valence-corrected chi connectivity index (χ0v) is 17.4. The molecule has 9 heteroatoms. The van der Waals surface area contributed by atoms with Crippen LogP contribution in [0.5, 0.6) is 11.5 Å². The standard InChI is InChI=1S/C21H19FN2O4S2/c22-15-4-2-1-3-14(15)12-18-20(28)24(21(29)30-18)10-8-19(27)23-9-7-13-5-6-16(25)17(26)11-13/h1-6,11-12,25-26H,7-10H2,(H,23,27). The number of carbonyl (C=O) groups excluding carboxylic acids is 2. The number of rotatable bonds is 7. The number of nitrogens with zero attached hydrogens (tertiary/aromatic N) is 1. The van der Waals surface area contributed by atoms with E-state index < -0.39 is 5.82 Å². The topological polar surface area (TPSA) is 89.9 Å². The first-order chi connectivity index (χ1) is 14.3. The summed E-state index contributed by atoms with van der Waals surface area (Å²) in [6.45, 7) is 0.472. The lowest BCUT2D eigenvalue weighted by Gasteiger charge is -2.14. The van der Waals surface area contributed by atoms with Crippen LogP contribution in [-0.2, 0) is 16.0 Å². The smallest absolute Gasteiger partial charge is 0.266 e. The maximum atomic E-state index is 13.8. The number of halogens is 1. The average molecular weight is 447 g/mol. The molecule has 1 fully saturated rings. The number of aromatic hydroxyl groups is 2. The van der Waals surface area contributed by atoms with E-state index in [1.165, 1.54) is 29.2 Å². The molecule has 2 aromatic rings. The summed E-state index contributed by atoms with van der Waals surface area (Å²) in [5.74, 6) is -1.43. The molecule has 0 radical (unpaired) electrons. The number of amides is 2. The highest BCUT2D eigenvalue weighted by Crippen LogP contribution is 2.33. The Morgan fingerprint density at radius 3 is 2.70 bits per heavy atom. The minimum absolute atomic E-state index is 0.0697. The number of hydrogen-bond donors (Lipinski definition) is 3. The van der Waals surface area contributed by atoms with E-state index in [1.54, 1.807) is 24.3 Å². The Morgan fingerprint density at radius 2 is 1.97 bits per heavy atom. The number of nitrogens with one attached hydrogen (secondary N) is 1. The van der Waals surface area contributed by atoms with Crippen molar-refractivity contribution in [3.8, 4) is 11.5 Å². The number of thioether (sulfide) groups is 1. The molecule has 0 spiro atoms. The van der Waals surface area contributed by atoms with Gasteiger partial charge in [0.25, 0.3) is 5.91 Å². The van der Waals surface area contributed by atoms with Gasteiger partial charge in [-0.25, -0.2) is 4.39 Å². The summed E-state index contributed by atoms with van der Waals surface area (Å²) >= 11 is 6.31. The van der Waals surface area contributed by atoms with Crippen LogP contribution in [0.15, 0.2) is 47.4 Å². The van der Waals surface area contributed by atoms with Crippen LogP contribution >= 0.6 is 24.0 Å². The molecule has 1 aliphatic rings. The summed E-state index contributed by atoms with van der Waals surface area (Å²) in [6.07, 6.45) is 2.01. The predicted octanol–water partition coefficient (Wildman–Crippen LogP) is 3.19. The lowest BCUT2D eigenvalue weighted by molar-refractivity contribution is -0.123. The van der Waals surface area contributed by atoms with Gasteiger partial charge in [0.15, 0.2) is 11.5 Å². The minimum atomic E-state index is -0.427. The fourth-order valence-electron chi connectivity index (χ4n) is 2.80. The molecule has 6 nitrogen and oxygen atoms in total. The third-order valence-corrected chi connectivity index (χ3v) is 5.78. The molecule has 0 aromatic heterocycles. The Labute approximate surface area is 182 Å². The normalized spacial score (nSPS) is 15.1. The average Bonchev–Trinajstić information content (AvgIpc) is 2.97. The highest BCUT2D eigenvalue weighted by Gasteiger charge is 2.32. The monoisotopic (exact) mass is 446 g/mol. The molecule has 0 atom stereocenters. The summed E-state index contributed by atoms with van der Waals surface area (Å²) in [5.41, 5.74) is 1.07. The summed E-state index contributed by atoms with van der Waals surface area (Å²) in [7, 11) is 0. The molecule has 1 heterocycles. The van der Waals surface area contributed by atoms with Gasteiger partial charge >= 0.3 is 0 Å². The SMILES string of the molecule is O=C(CCN1C(=O)C(=Cc2ccccc2F)SC1=S)NCCc1ccc(O)c(O)c1. The second-order valence-electron chi connectivity index (χ2n) is 6.53. The molecule has 30 heavy (non-hydrogen) atoms. The largest absolute Gasteiger partial charge is 0.504 e. The first kappa shape index (κ1) is 21.8. The van der Waals surface area contributed by atoms with Crippen molar-refractivity contribution in [2.45, 2.75) is 12.8 Å². The van der Waals surface area contributed by atoms with E-state index >= 15 is 0 Å². The van der Waals surface area contributed by atoms with E-state index in [0.29, 0.717) is 27.8 Å². The zero-order chi connectivity index (χ0) is 21.7. The van der Waals surface area contributed by atoms with Crippen molar-refractivity contribution >= 4 is 46.2 Å². The van der Waals surface area contributed by atoms with E-state index in [2.05, 4.69) is 5.32 Å². The van der Waals surface area contributed by atoms with E-state index in [-0.39, 0.29) is 36.3 Å². The van der Waals surface area contributed by atoms with Crippen molar-refractivity contribution in [2.24, 2.45) is 0 Å². The quantitative estimate of drug-likeness (QED) is 0.344. The zero-order valence-electron chi connectivity index (χ0n) is 15.8. The number of benzene rings is 2. The third kappa shape index (κ3) is 5.37. The molecule has 0 saturated carbocycles. The summed E-state index contributed by atoms with van der Waals surface area (Å²) < 4.78 is 14.1. The van der Waals surface area contributed by atoms with E-state index in [0.717, 1.165) is 17.3 Å². The maximum Gasteiger partial charge on any atom is 0.266 e. The van der Waals surface area contributed by atoms with Crippen molar-refractivity contribution in [1.29, 1.82) is 0 Å². The molecule has 3 rings (SSSR count). The first-order valence-electron chi connectivity index (χ1n) is 9.12. The first-order valence-corrected chi connectivity index (χ1v) is 10.3. The Morgan fingerprint density at radius 1 is 1.20 bits per heavy atom. The van der Waals surface area contributed by atoms with Crippen LogP contribution < -0.4 is 5.32 Å². The fourth-order valence-corrected chi connectivity index (χ4v) is 4.10. The molecule has 2 aromatic carbocycles.